The molecule has 0 aliphatic carbocycles. The van der Waals surface area contributed by atoms with Crippen molar-refractivity contribution in [3.05, 3.63) is 12.7 Å². The minimum Gasteiger partial charge on any atom is -0.434 e. The normalized spacial score (nSPS) is 11.4. The number of rotatable bonds is 10. The highest BCUT2D eigenvalue weighted by Crippen LogP contribution is 2.28. The second-order valence-electron chi connectivity index (χ2n) is 5.53. The summed E-state index contributed by atoms with van der Waals surface area (Å²) in [6.07, 6.45) is 7.04. The van der Waals surface area contributed by atoms with E-state index in [2.05, 4.69) is 20.4 Å². The molecule has 112 valence electrons. The van der Waals surface area contributed by atoms with Crippen LogP contribution in [0.2, 0.25) is 0 Å². The minimum absolute atomic E-state index is 0.317. The summed E-state index contributed by atoms with van der Waals surface area (Å²) >= 11 is 0. The van der Waals surface area contributed by atoms with Gasteiger partial charge in [0.15, 0.2) is 0 Å². The van der Waals surface area contributed by atoms with Crippen LogP contribution >= 0.6 is 0 Å². The zero-order valence-corrected chi connectivity index (χ0v) is 13.0. The summed E-state index contributed by atoms with van der Waals surface area (Å²) in [7, 11) is 0. The minimum atomic E-state index is -0.569. The molecule has 0 aliphatic heterocycles. The zero-order valence-electron chi connectivity index (χ0n) is 13.0. The second-order valence-corrected chi connectivity index (χ2v) is 5.53. The topological polar surface area (TPSA) is 35.5 Å². The Morgan fingerprint density at radius 1 is 1.21 bits per heavy atom. The van der Waals surface area contributed by atoms with Crippen LogP contribution in [0.15, 0.2) is 12.7 Å². The molecule has 0 aliphatic rings. The molecular formula is C16H30O3. The predicted octanol–water partition coefficient (Wildman–Crippen LogP) is 5.10. The molecule has 0 amide bonds. The highest BCUT2D eigenvalue weighted by atomic mass is 16.7. The first kappa shape index (κ1) is 18.0. The van der Waals surface area contributed by atoms with E-state index in [0.717, 1.165) is 38.5 Å². The lowest BCUT2D eigenvalue weighted by molar-refractivity contribution is -0.0239. The van der Waals surface area contributed by atoms with Crippen LogP contribution in [0.25, 0.3) is 0 Å². The Morgan fingerprint density at radius 2 is 1.74 bits per heavy atom. The van der Waals surface area contributed by atoms with Gasteiger partial charge in [-0.15, -0.1) is 0 Å². The van der Waals surface area contributed by atoms with Crippen molar-refractivity contribution < 1.29 is 14.3 Å². The van der Waals surface area contributed by atoms with Crippen molar-refractivity contribution in [1.82, 2.24) is 0 Å². The van der Waals surface area contributed by atoms with E-state index in [1.165, 1.54) is 0 Å². The third-order valence-corrected chi connectivity index (χ3v) is 3.10. The third-order valence-electron chi connectivity index (χ3n) is 3.10. The van der Waals surface area contributed by atoms with Crippen LogP contribution in [0.4, 0.5) is 4.79 Å². The number of carbonyl (C=O) groups is 1. The molecule has 0 aromatic rings. The van der Waals surface area contributed by atoms with Gasteiger partial charge in [-0.2, -0.15) is 0 Å². The lowest BCUT2D eigenvalue weighted by atomic mass is 9.91. The van der Waals surface area contributed by atoms with E-state index in [1.54, 1.807) is 6.08 Å². The number of carbonyl (C=O) groups excluding carboxylic acids is 1. The summed E-state index contributed by atoms with van der Waals surface area (Å²) in [6.45, 7) is 12.5. The molecule has 0 atom stereocenters. The van der Waals surface area contributed by atoms with Gasteiger partial charge in [-0.05, 0) is 37.7 Å². The van der Waals surface area contributed by atoms with E-state index in [4.69, 9.17) is 9.47 Å². The first-order valence-electron chi connectivity index (χ1n) is 7.49. The van der Waals surface area contributed by atoms with E-state index >= 15 is 0 Å². The summed E-state index contributed by atoms with van der Waals surface area (Å²) < 4.78 is 10.7. The van der Waals surface area contributed by atoms with Gasteiger partial charge in [-0.25, -0.2) is 4.79 Å². The monoisotopic (exact) mass is 270 g/mol. The van der Waals surface area contributed by atoms with Crippen LogP contribution in [-0.2, 0) is 9.47 Å². The maximum absolute atomic E-state index is 11.8. The van der Waals surface area contributed by atoms with Crippen LogP contribution in [0, 0.1) is 5.92 Å². The fourth-order valence-electron chi connectivity index (χ4n) is 1.86. The highest BCUT2D eigenvalue weighted by molar-refractivity contribution is 5.61. The van der Waals surface area contributed by atoms with E-state index in [9.17, 15) is 4.79 Å². The molecule has 0 saturated heterocycles. The van der Waals surface area contributed by atoms with Gasteiger partial charge in [0, 0.05) is 0 Å². The lowest BCUT2D eigenvalue weighted by Crippen LogP contribution is -2.33. The van der Waals surface area contributed by atoms with Gasteiger partial charge in [-0.1, -0.05) is 47.1 Å². The van der Waals surface area contributed by atoms with Crippen molar-refractivity contribution in [3.8, 4) is 0 Å². The Balaban J connectivity index is 4.52. The Kier molecular flexibility index (Phi) is 9.36. The summed E-state index contributed by atoms with van der Waals surface area (Å²) in [5.74, 6) is 0.317. The van der Waals surface area contributed by atoms with Crippen LogP contribution in [0.3, 0.4) is 0 Å². The first-order valence-corrected chi connectivity index (χ1v) is 7.49. The molecule has 0 aromatic heterocycles. The van der Waals surface area contributed by atoms with Crippen molar-refractivity contribution in [3.63, 3.8) is 0 Å². The van der Waals surface area contributed by atoms with E-state index < -0.39 is 11.8 Å². The molecule has 0 heterocycles. The first-order chi connectivity index (χ1) is 8.99. The molecule has 19 heavy (non-hydrogen) atoms. The molecule has 0 aromatic carbocycles. The Hall–Kier alpha value is -0.990. The lowest BCUT2D eigenvalue weighted by Gasteiger charge is -2.30. The van der Waals surface area contributed by atoms with Gasteiger partial charge in [0.2, 0.25) is 0 Å². The number of ether oxygens (including phenoxy) is 2. The van der Waals surface area contributed by atoms with Crippen LogP contribution < -0.4 is 0 Å². The maximum Gasteiger partial charge on any atom is 0.509 e. The average molecular weight is 270 g/mol. The molecule has 0 bridgehead atoms. The third kappa shape index (κ3) is 7.91. The second kappa shape index (κ2) is 9.88. The van der Waals surface area contributed by atoms with Crippen LogP contribution in [0.5, 0.6) is 0 Å². The molecule has 0 N–H and O–H groups in total. The van der Waals surface area contributed by atoms with Crippen LogP contribution in [-0.4, -0.2) is 18.4 Å². The number of unbranched alkanes of at least 4 members (excludes halogenated alkanes) is 2. The smallest absolute Gasteiger partial charge is 0.434 e. The quantitative estimate of drug-likeness (QED) is 0.409. The van der Waals surface area contributed by atoms with Crippen molar-refractivity contribution >= 4 is 6.16 Å². The fourth-order valence-corrected chi connectivity index (χ4v) is 1.86. The molecule has 0 radical (unpaired) electrons. The zero-order chi connectivity index (χ0) is 14.7. The predicted molar refractivity (Wildman–Crippen MR) is 79.2 cm³/mol. The van der Waals surface area contributed by atoms with E-state index in [-0.39, 0.29) is 0 Å². The molecule has 3 nitrogen and oxygen atoms in total. The molecule has 0 spiro atoms. The maximum atomic E-state index is 11.8. The molecule has 3 heteroatoms. The Bertz CT molecular complexity index is 251. The van der Waals surface area contributed by atoms with E-state index in [0.29, 0.717) is 12.5 Å². The Morgan fingerprint density at radius 3 is 2.11 bits per heavy atom. The van der Waals surface area contributed by atoms with Gasteiger partial charge in [-0.3, -0.25) is 0 Å². The highest BCUT2D eigenvalue weighted by Gasteiger charge is 2.30. The standard InChI is InChI=1S/C16H30O3/c1-6-9-11-16(8-3,12-10-7-2)19-15(17)18-13-14(4)5/h8,14H,3,6-7,9-13H2,1-2,4-5H3. The van der Waals surface area contributed by atoms with Gasteiger partial charge < -0.3 is 9.47 Å². The van der Waals surface area contributed by atoms with Crippen molar-refractivity contribution in [1.29, 1.82) is 0 Å². The molecule has 0 rings (SSSR count). The molecular weight excluding hydrogens is 240 g/mol. The van der Waals surface area contributed by atoms with Crippen LogP contribution in [0.1, 0.15) is 66.2 Å². The number of hydrogen-bond donors (Lipinski definition) is 0. The average Bonchev–Trinajstić information content (AvgIpc) is 2.39. The SMILES string of the molecule is C=CC(CCCC)(CCCC)OC(=O)OCC(C)C. The summed E-state index contributed by atoms with van der Waals surface area (Å²) in [5, 5.41) is 0. The molecule has 0 saturated carbocycles. The van der Waals surface area contributed by atoms with Crippen molar-refractivity contribution in [2.45, 2.75) is 71.8 Å². The van der Waals surface area contributed by atoms with Gasteiger partial charge in [0.25, 0.3) is 0 Å². The molecule has 0 fully saturated rings. The summed E-state index contributed by atoms with van der Waals surface area (Å²) in [5.41, 5.74) is -0.555. The van der Waals surface area contributed by atoms with Gasteiger partial charge in [0.05, 0.1) is 6.61 Å². The van der Waals surface area contributed by atoms with Crippen molar-refractivity contribution in [2.75, 3.05) is 6.61 Å². The number of hydrogen-bond acceptors (Lipinski definition) is 3. The summed E-state index contributed by atoms with van der Waals surface area (Å²) in [4.78, 5) is 11.8. The van der Waals surface area contributed by atoms with Crippen molar-refractivity contribution in [2.24, 2.45) is 5.92 Å². The summed E-state index contributed by atoms with van der Waals surface area (Å²) in [6, 6.07) is 0. The fraction of sp³-hybridized carbons (Fsp3) is 0.812. The Labute approximate surface area is 118 Å². The molecule has 0 unspecified atom stereocenters. The van der Waals surface area contributed by atoms with Gasteiger partial charge in [0.1, 0.15) is 5.60 Å². The largest absolute Gasteiger partial charge is 0.509 e. The van der Waals surface area contributed by atoms with Gasteiger partial charge >= 0.3 is 6.16 Å². The van der Waals surface area contributed by atoms with E-state index in [1.807, 2.05) is 13.8 Å².